The van der Waals surface area contributed by atoms with E-state index in [1.54, 1.807) is 25.5 Å². The quantitative estimate of drug-likeness (QED) is 0.856. The topological polar surface area (TPSA) is 54.0 Å². The van der Waals surface area contributed by atoms with Gasteiger partial charge < -0.3 is 10.6 Å². The zero-order valence-corrected chi connectivity index (χ0v) is 10.7. The number of thioether (sulfide) groups is 1. The first-order valence-electron chi connectivity index (χ1n) is 5.83. The highest BCUT2D eigenvalue weighted by atomic mass is 32.2. The number of nitrogens with zero attached hydrogens (tertiary/aromatic N) is 1. The Morgan fingerprint density at radius 1 is 1.65 bits per heavy atom. The van der Waals surface area contributed by atoms with Gasteiger partial charge in [-0.15, -0.1) is 0 Å². The number of anilines is 1. The van der Waals surface area contributed by atoms with Gasteiger partial charge in [-0.2, -0.15) is 11.8 Å². The van der Waals surface area contributed by atoms with Crippen molar-refractivity contribution in [1.82, 2.24) is 10.3 Å². The van der Waals surface area contributed by atoms with Crippen LogP contribution in [0.2, 0.25) is 0 Å². The van der Waals surface area contributed by atoms with Crippen LogP contribution in [0.3, 0.4) is 0 Å². The third-order valence-electron chi connectivity index (χ3n) is 2.85. The van der Waals surface area contributed by atoms with Crippen molar-refractivity contribution in [3.63, 3.8) is 0 Å². The Kier molecular flexibility index (Phi) is 4.25. The number of nitrogens with one attached hydrogen (secondary N) is 2. The molecule has 0 bridgehead atoms. The summed E-state index contributed by atoms with van der Waals surface area (Å²) in [5.74, 6) is 1.17. The van der Waals surface area contributed by atoms with E-state index in [1.165, 1.54) is 18.6 Å². The van der Waals surface area contributed by atoms with Crippen molar-refractivity contribution < 1.29 is 4.79 Å². The lowest BCUT2D eigenvalue weighted by Crippen LogP contribution is -2.30. The fourth-order valence-electron chi connectivity index (χ4n) is 1.90. The highest BCUT2D eigenvalue weighted by Gasteiger charge is 2.17. The number of aromatic nitrogens is 1. The molecule has 92 valence electrons. The summed E-state index contributed by atoms with van der Waals surface area (Å²) in [6.45, 7) is 0.752. The average Bonchev–Trinajstić information content (AvgIpc) is 2.89. The molecule has 1 aliphatic rings. The van der Waals surface area contributed by atoms with Crippen molar-refractivity contribution in [1.29, 1.82) is 0 Å². The van der Waals surface area contributed by atoms with E-state index >= 15 is 0 Å². The summed E-state index contributed by atoms with van der Waals surface area (Å²) < 4.78 is 0. The first-order valence-corrected chi connectivity index (χ1v) is 6.87. The summed E-state index contributed by atoms with van der Waals surface area (Å²) in [7, 11) is 1.80. The van der Waals surface area contributed by atoms with E-state index in [-0.39, 0.29) is 5.91 Å². The second kappa shape index (κ2) is 5.91. The predicted octanol–water partition coefficient (Wildman–Crippen LogP) is 1.75. The summed E-state index contributed by atoms with van der Waals surface area (Å²) in [5.41, 5.74) is 1.43. The number of rotatable bonds is 4. The van der Waals surface area contributed by atoms with Crippen LogP contribution in [0.25, 0.3) is 0 Å². The van der Waals surface area contributed by atoms with Crippen molar-refractivity contribution in [2.45, 2.75) is 18.1 Å². The summed E-state index contributed by atoms with van der Waals surface area (Å²) in [6.07, 6.45) is 5.75. The zero-order chi connectivity index (χ0) is 12.1. The van der Waals surface area contributed by atoms with Crippen LogP contribution in [0.5, 0.6) is 0 Å². The van der Waals surface area contributed by atoms with Gasteiger partial charge in [0.25, 0.3) is 5.91 Å². The number of pyridine rings is 1. The van der Waals surface area contributed by atoms with Gasteiger partial charge in [0, 0.05) is 36.9 Å². The van der Waals surface area contributed by atoms with Crippen LogP contribution in [-0.2, 0) is 0 Å². The van der Waals surface area contributed by atoms with Gasteiger partial charge in [0.15, 0.2) is 0 Å². The van der Waals surface area contributed by atoms with Crippen LogP contribution >= 0.6 is 11.8 Å². The molecule has 1 aliphatic heterocycles. The lowest BCUT2D eigenvalue weighted by molar-refractivity contribution is 0.0954. The monoisotopic (exact) mass is 251 g/mol. The first-order chi connectivity index (χ1) is 8.31. The third kappa shape index (κ3) is 3.12. The third-order valence-corrected chi connectivity index (χ3v) is 4.25. The number of hydrogen-bond donors (Lipinski definition) is 2. The Hall–Kier alpha value is -1.23. The molecule has 0 radical (unpaired) electrons. The molecule has 1 atom stereocenters. The number of hydrogen-bond acceptors (Lipinski definition) is 4. The van der Waals surface area contributed by atoms with Crippen molar-refractivity contribution in [3.8, 4) is 0 Å². The molecule has 0 saturated carbocycles. The molecule has 1 fully saturated rings. The summed E-state index contributed by atoms with van der Waals surface area (Å²) >= 11 is 1.94. The molecular weight excluding hydrogens is 234 g/mol. The molecule has 4 nitrogen and oxygen atoms in total. The maximum atomic E-state index is 12.0. The predicted molar refractivity (Wildman–Crippen MR) is 71.6 cm³/mol. The van der Waals surface area contributed by atoms with Gasteiger partial charge in [0.05, 0.1) is 5.56 Å². The van der Waals surface area contributed by atoms with E-state index in [4.69, 9.17) is 0 Å². The van der Waals surface area contributed by atoms with Gasteiger partial charge in [-0.05, 0) is 24.7 Å². The molecule has 1 saturated heterocycles. The van der Waals surface area contributed by atoms with Gasteiger partial charge in [0.2, 0.25) is 0 Å². The lowest BCUT2D eigenvalue weighted by Gasteiger charge is -2.12. The molecule has 2 N–H and O–H groups in total. The van der Waals surface area contributed by atoms with Crippen LogP contribution in [0.1, 0.15) is 23.2 Å². The maximum Gasteiger partial charge on any atom is 0.254 e. The van der Waals surface area contributed by atoms with Gasteiger partial charge in [0.1, 0.15) is 0 Å². The fourth-order valence-corrected chi connectivity index (χ4v) is 3.10. The van der Waals surface area contributed by atoms with Gasteiger partial charge >= 0.3 is 0 Å². The van der Waals surface area contributed by atoms with E-state index < -0.39 is 0 Å². The molecule has 0 spiro atoms. The van der Waals surface area contributed by atoms with Gasteiger partial charge in [-0.1, -0.05) is 0 Å². The molecular formula is C12H17N3OS. The van der Waals surface area contributed by atoms with Crippen LogP contribution in [0.15, 0.2) is 18.5 Å². The maximum absolute atomic E-state index is 12.0. The molecule has 2 rings (SSSR count). The molecule has 1 aromatic heterocycles. The zero-order valence-electron chi connectivity index (χ0n) is 9.90. The number of amides is 1. The minimum Gasteiger partial charge on any atom is -0.387 e. The Morgan fingerprint density at radius 3 is 3.24 bits per heavy atom. The lowest BCUT2D eigenvalue weighted by atomic mass is 10.2. The number of carbonyl (C=O) groups excluding carboxylic acids is 1. The Bertz CT molecular complexity index is 391. The summed E-state index contributed by atoms with van der Waals surface area (Å²) in [5, 5.41) is 6.55. The average molecular weight is 251 g/mol. The van der Waals surface area contributed by atoms with E-state index in [2.05, 4.69) is 15.6 Å². The standard InChI is InChI=1S/C12H17N3OS/c1-13-11-4-5-14-8-10(11)12(16)15-7-9-3-2-6-17-9/h4-5,8-9H,2-3,6-7H2,1H3,(H,13,14)(H,15,16). The molecule has 5 heteroatoms. The van der Waals surface area contributed by atoms with E-state index in [9.17, 15) is 4.79 Å². The van der Waals surface area contributed by atoms with Crippen LogP contribution in [-0.4, -0.2) is 35.5 Å². The summed E-state index contributed by atoms with van der Waals surface area (Å²) in [4.78, 5) is 16.0. The molecule has 1 amide bonds. The fraction of sp³-hybridized carbons (Fsp3) is 0.500. The van der Waals surface area contributed by atoms with Crippen LogP contribution in [0, 0.1) is 0 Å². The van der Waals surface area contributed by atoms with Crippen molar-refractivity contribution in [3.05, 3.63) is 24.0 Å². The molecule has 1 aromatic rings. The Morgan fingerprint density at radius 2 is 2.53 bits per heavy atom. The van der Waals surface area contributed by atoms with Crippen molar-refractivity contribution in [2.75, 3.05) is 24.7 Å². The smallest absolute Gasteiger partial charge is 0.254 e. The van der Waals surface area contributed by atoms with Gasteiger partial charge in [-0.25, -0.2) is 0 Å². The van der Waals surface area contributed by atoms with Gasteiger partial charge in [-0.3, -0.25) is 9.78 Å². The number of carbonyl (C=O) groups is 1. The SMILES string of the molecule is CNc1ccncc1C(=O)NCC1CCCS1. The normalized spacial score (nSPS) is 19.0. The molecule has 17 heavy (non-hydrogen) atoms. The Balaban J connectivity index is 1.94. The minimum absolute atomic E-state index is 0.0463. The summed E-state index contributed by atoms with van der Waals surface area (Å²) in [6, 6.07) is 1.80. The second-order valence-corrected chi connectivity index (χ2v) is 5.42. The first kappa shape index (κ1) is 12.2. The van der Waals surface area contributed by atoms with Crippen LogP contribution < -0.4 is 10.6 Å². The Labute approximate surface area is 106 Å². The van der Waals surface area contributed by atoms with Crippen LogP contribution in [0.4, 0.5) is 5.69 Å². The van der Waals surface area contributed by atoms with Crippen molar-refractivity contribution >= 4 is 23.4 Å². The van der Waals surface area contributed by atoms with E-state index in [0.29, 0.717) is 10.8 Å². The van der Waals surface area contributed by atoms with E-state index in [0.717, 1.165) is 12.2 Å². The van der Waals surface area contributed by atoms with E-state index in [1.807, 2.05) is 11.8 Å². The van der Waals surface area contributed by atoms with Crippen molar-refractivity contribution in [2.24, 2.45) is 0 Å². The molecule has 2 heterocycles. The molecule has 1 unspecified atom stereocenters. The molecule has 0 aromatic carbocycles. The largest absolute Gasteiger partial charge is 0.387 e. The molecule has 0 aliphatic carbocycles. The second-order valence-electron chi connectivity index (χ2n) is 4.02. The minimum atomic E-state index is -0.0463. The highest BCUT2D eigenvalue weighted by molar-refractivity contribution is 8.00. The highest BCUT2D eigenvalue weighted by Crippen LogP contribution is 2.25.